The second-order valence-electron chi connectivity index (χ2n) is 6.27. The predicted octanol–water partition coefficient (Wildman–Crippen LogP) is 2.17. The summed E-state index contributed by atoms with van der Waals surface area (Å²) < 4.78 is 0. The number of rotatable bonds is 6. The normalized spacial score (nSPS) is 19.7. The van der Waals surface area contributed by atoms with E-state index in [0.717, 1.165) is 19.5 Å². The molecule has 0 bridgehead atoms. The van der Waals surface area contributed by atoms with Gasteiger partial charge in [0.25, 0.3) is 0 Å². The molecular formula is C17H28ClN3O. The number of carbonyl (C=O) groups excluding carboxylic acids is 1. The number of hydrogen-bond donors (Lipinski definition) is 2. The quantitative estimate of drug-likeness (QED) is 0.842. The summed E-state index contributed by atoms with van der Waals surface area (Å²) >= 11 is 0. The minimum absolute atomic E-state index is 0. The molecule has 1 heterocycles. The third kappa shape index (κ3) is 5.27. The molecule has 1 saturated heterocycles. The van der Waals surface area contributed by atoms with Gasteiger partial charge in [0.2, 0.25) is 5.91 Å². The van der Waals surface area contributed by atoms with Crippen molar-refractivity contribution >= 4 is 18.3 Å². The Hall–Kier alpha value is -1.10. The van der Waals surface area contributed by atoms with Crippen molar-refractivity contribution in [3.8, 4) is 0 Å². The summed E-state index contributed by atoms with van der Waals surface area (Å²) in [4.78, 5) is 14.4. The fourth-order valence-electron chi connectivity index (χ4n) is 2.79. The largest absolute Gasteiger partial charge is 0.353 e. The number of hydrogen-bond acceptors (Lipinski definition) is 3. The van der Waals surface area contributed by atoms with Crippen molar-refractivity contribution in [3.63, 3.8) is 0 Å². The highest BCUT2D eigenvalue weighted by molar-refractivity contribution is 5.85. The lowest BCUT2D eigenvalue weighted by molar-refractivity contribution is -0.123. The fourth-order valence-corrected chi connectivity index (χ4v) is 2.79. The van der Waals surface area contributed by atoms with E-state index in [1.54, 1.807) is 0 Å². The molecule has 124 valence electrons. The molecule has 22 heavy (non-hydrogen) atoms. The van der Waals surface area contributed by atoms with E-state index in [2.05, 4.69) is 34.5 Å². The van der Waals surface area contributed by atoms with Gasteiger partial charge in [-0.3, -0.25) is 9.69 Å². The molecular weight excluding hydrogens is 298 g/mol. The molecule has 1 aliphatic rings. The standard InChI is InChI=1S/C17H27N3O.ClH/c1-13(2)16(18)17(21)19-11-15-9-6-10-20(15)12-14-7-4-3-5-8-14;/h3-5,7-8,13,15-16H,6,9-12,18H2,1-2H3,(H,19,21);1H/t15?,16-;/m0./s1. The summed E-state index contributed by atoms with van der Waals surface area (Å²) in [7, 11) is 0. The molecule has 0 spiro atoms. The van der Waals surface area contributed by atoms with Crippen LogP contribution >= 0.6 is 12.4 Å². The Labute approximate surface area is 139 Å². The van der Waals surface area contributed by atoms with Gasteiger partial charge in [0.15, 0.2) is 0 Å². The average Bonchev–Trinajstić information content (AvgIpc) is 2.92. The molecule has 2 atom stereocenters. The van der Waals surface area contributed by atoms with Crippen LogP contribution in [0.4, 0.5) is 0 Å². The van der Waals surface area contributed by atoms with Gasteiger partial charge in [0, 0.05) is 19.1 Å². The van der Waals surface area contributed by atoms with Gasteiger partial charge in [-0.05, 0) is 30.9 Å². The Kier molecular flexibility index (Phi) is 7.87. The first-order valence-corrected chi connectivity index (χ1v) is 7.89. The number of nitrogens with zero attached hydrogens (tertiary/aromatic N) is 1. The highest BCUT2D eigenvalue weighted by Gasteiger charge is 2.26. The lowest BCUT2D eigenvalue weighted by Crippen LogP contribution is -2.48. The van der Waals surface area contributed by atoms with Crippen molar-refractivity contribution in [2.24, 2.45) is 11.7 Å². The molecule has 4 nitrogen and oxygen atoms in total. The van der Waals surface area contributed by atoms with Gasteiger partial charge in [-0.2, -0.15) is 0 Å². The SMILES string of the molecule is CC(C)[C@H](N)C(=O)NCC1CCCN1Cc1ccccc1.Cl. The highest BCUT2D eigenvalue weighted by atomic mass is 35.5. The van der Waals surface area contributed by atoms with Gasteiger partial charge in [-0.25, -0.2) is 0 Å². The second kappa shape index (κ2) is 9.13. The van der Waals surface area contributed by atoms with E-state index in [9.17, 15) is 4.79 Å². The van der Waals surface area contributed by atoms with E-state index in [-0.39, 0.29) is 24.2 Å². The van der Waals surface area contributed by atoms with E-state index >= 15 is 0 Å². The zero-order valence-electron chi connectivity index (χ0n) is 13.5. The van der Waals surface area contributed by atoms with Gasteiger partial charge in [0.1, 0.15) is 0 Å². The number of carbonyl (C=O) groups is 1. The summed E-state index contributed by atoms with van der Waals surface area (Å²) in [6.45, 7) is 6.71. The smallest absolute Gasteiger partial charge is 0.237 e. The Balaban J connectivity index is 0.00000242. The topological polar surface area (TPSA) is 58.4 Å². The van der Waals surface area contributed by atoms with Gasteiger partial charge >= 0.3 is 0 Å². The Bertz CT molecular complexity index is 452. The molecule has 0 aromatic heterocycles. The molecule has 3 N–H and O–H groups in total. The van der Waals surface area contributed by atoms with E-state index in [1.807, 2.05) is 19.9 Å². The van der Waals surface area contributed by atoms with Crippen LogP contribution < -0.4 is 11.1 Å². The summed E-state index contributed by atoms with van der Waals surface area (Å²) in [5, 5.41) is 3.02. The molecule has 2 rings (SSSR count). The number of benzene rings is 1. The Morgan fingerprint density at radius 1 is 1.36 bits per heavy atom. The van der Waals surface area contributed by atoms with Crippen LogP contribution in [0.1, 0.15) is 32.3 Å². The van der Waals surface area contributed by atoms with Crippen molar-refractivity contribution in [3.05, 3.63) is 35.9 Å². The van der Waals surface area contributed by atoms with Crippen molar-refractivity contribution < 1.29 is 4.79 Å². The van der Waals surface area contributed by atoms with Crippen LogP contribution in [0.3, 0.4) is 0 Å². The number of halogens is 1. The monoisotopic (exact) mass is 325 g/mol. The summed E-state index contributed by atoms with van der Waals surface area (Å²) in [6, 6.07) is 10.5. The molecule has 5 heteroatoms. The van der Waals surface area contributed by atoms with Crippen LogP contribution in [0.5, 0.6) is 0 Å². The number of nitrogens with two attached hydrogens (primary N) is 1. The van der Waals surface area contributed by atoms with Crippen molar-refractivity contribution in [2.45, 2.75) is 45.3 Å². The molecule has 1 unspecified atom stereocenters. The first kappa shape index (κ1) is 18.9. The third-order valence-corrected chi connectivity index (χ3v) is 4.26. The van der Waals surface area contributed by atoms with Crippen LogP contribution in [0.25, 0.3) is 0 Å². The van der Waals surface area contributed by atoms with Crippen molar-refractivity contribution in [2.75, 3.05) is 13.1 Å². The van der Waals surface area contributed by atoms with Crippen molar-refractivity contribution in [1.29, 1.82) is 0 Å². The maximum Gasteiger partial charge on any atom is 0.237 e. The molecule has 0 saturated carbocycles. The lowest BCUT2D eigenvalue weighted by Gasteiger charge is -2.25. The molecule has 1 aromatic carbocycles. The van der Waals surface area contributed by atoms with Crippen molar-refractivity contribution in [1.82, 2.24) is 10.2 Å². The number of likely N-dealkylation sites (tertiary alicyclic amines) is 1. The zero-order valence-corrected chi connectivity index (χ0v) is 14.3. The van der Waals surface area contributed by atoms with Crippen LogP contribution in [0.15, 0.2) is 30.3 Å². The first-order chi connectivity index (χ1) is 10.1. The zero-order chi connectivity index (χ0) is 15.2. The van der Waals surface area contributed by atoms with Gasteiger partial charge in [-0.15, -0.1) is 12.4 Å². The maximum atomic E-state index is 12.0. The number of nitrogens with one attached hydrogen (secondary N) is 1. The molecule has 1 aromatic rings. The number of amides is 1. The Morgan fingerprint density at radius 3 is 2.68 bits per heavy atom. The van der Waals surface area contributed by atoms with E-state index in [1.165, 1.54) is 12.0 Å². The summed E-state index contributed by atoms with van der Waals surface area (Å²) in [6.07, 6.45) is 2.34. The van der Waals surface area contributed by atoms with E-state index < -0.39 is 6.04 Å². The molecule has 0 radical (unpaired) electrons. The van der Waals surface area contributed by atoms with E-state index in [4.69, 9.17) is 5.73 Å². The van der Waals surface area contributed by atoms with E-state index in [0.29, 0.717) is 12.6 Å². The first-order valence-electron chi connectivity index (χ1n) is 7.89. The molecule has 0 aliphatic carbocycles. The minimum Gasteiger partial charge on any atom is -0.353 e. The van der Waals surface area contributed by atoms with Gasteiger partial charge < -0.3 is 11.1 Å². The predicted molar refractivity (Wildman–Crippen MR) is 92.9 cm³/mol. The van der Waals surface area contributed by atoms with Crippen LogP contribution in [-0.4, -0.2) is 36.0 Å². The molecule has 1 fully saturated rings. The lowest BCUT2D eigenvalue weighted by atomic mass is 10.0. The summed E-state index contributed by atoms with van der Waals surface area (Å²) in [5.41, 5.74) is 7.21. The average molecular weight is 326 g/mol. The third-order valence-electron chi connectivity index (χ3n) is 4.26. The second-order valence-corrected chi connectivity index (χ2v) is 6.27. The van der Waals surface area contributed by atoms with Gasteiger partial charge in [-0.1, -0.05) is 44.2 Å². The summed E-state index contributed by atoms with van der Waals surface area (Å²) in [5.74, 6) is 0.144. The molecule has 1 aliphatic heterocycles. The Morgan fingerprint density at radius 2 is 2.05 bits per heavy atom. The van der Waals surface area contributed by atoms with Gasteiger partial charge in [0.05, 0.1) is 6.04 Å². The van der Waals surface area contributed by atoms with Crippen LogP contribution in [0, 0.1) is 5.92 Å². The van der Waals surface area contributed by atoms with Crippen LogP contribution in [-0.2, 0) is 11.3 Å². The van der Waals surface area contributed by atoms with Crippen LogP contribution in [0.2, 0.25) is 0 Å². The molecule has 1 amide bonds. The fraction of sp³-hybridized carbons (Fsp3) is 0.588. The highest BCUT2D eigenvalue weighted by Crippen LogP contribution is 2.19. The maximum absolute atomic E-state index is 12.0. The minimum atomic E-state index is -0.408.